The SMILES string of the molecule is CCCCN1Cc2ccc(Cl)cc2C(=O)c2ccccc21. The number of ketones is 1. The molecule has 0 atom stereocenters. The summed E-state index contributed by atoms with van der Waals surface area (Å²) in [7, 11) is 0. The van der Waals surface area contributed by atoms with Crippen molar-refractivity contribution < 1.29 is 4.79 Å². The molecule has 0 saturated heterocycles. The van der Waals surface area contributed by atoms with Crippen molar-refractivity contribution in [2.75, 3.05) is 11.4 Å². The number of fused-ring (bicyclic) bond motifs is 2. The number of unbranched alkanes of at least 4 members (excludes halogenated alkanes) is 1. The molecule has 0 bridgehead atoms. The van der Waals surface area contributed by atoms with E-state index in [-0.39, 0.29) is 5.78 Å². The maximum atomic E-state index is 12.8. The van der Waals surface area contributed by atoms with Gasteiger partial charge in [0.15, 0.2) is 5.78 Å². The predicted octanol–water partition coefficient (Wildman–Crippen LogP) is 4.69. The third-order valence-corrected chi connectivity index (χ3v) is 4.18. The largest absolute Gasteiger partial charge is 0.367 e. The van der Waals surface area contributed by atoms with E-state index in [2.05, 4.69) is 11.8 Å². The third kappa shape index (κ3) is 2.68. The Labute approximate surface area is 130 Å². The highest BCUT2D eigenvalue weighted by atomic mass is 35.5. The van der Waals surface area contributed by atoms with Crippen molar-refractivity contribution >= 4 is 23.1 Å². The number of rotatable bonds is 3. The standard InChI is InChI=1S/C18H18ClNO/c1-2-3-10-20-12-13-8-9-14(19)11-16(13)18(21)15-6-4-5-7-17(15)20/h4-9,11H,2-3,10,12H2,1H3. The fraction of sp³-hybridized carbons (Fsp3) is 0.278. The highest BCUT2D eigenvalue weighted by molar-refractivity contribution is 6.31. The van der Waals surface area contributed by atoms with E-state index in [1.807, 2.05) is 36.4 Å². The Kier molecular flexibility index (Phi) is 3.98. The van der Waals surface area contributed by atoms with Crippen LogP contribution < -0.4 is 4.90 Å². The maximum Gasteiger partial charge on any atom is 0.195 e. The molecule has 0 aromatic heterocycles. The van der Waals surface area contributed by atoms with Gasteiger partial charge in [-0.05, 0) is 36.2 Å². The van der Waals surface area contributed by atoms with E-state index in [1.54, 1.807) is 6.07 Å². The molecular weight excluding hydrogens is 282 g/mol. The van der Waals surface area contributed by atoms with Crippen LogP contribution in [0.15, 0.2) is 42.5 Å². The minimum Gasteiger partial charge on any atom is -0.367 e. The number of hydrogen-bond donors (Lipinski definition) is 0. The van der Waals surface area contributed by atoms with E-state index in [0.717, 1.165) is 48.3 Å². The van der Waals surface area contributed by atoms with E-state index in [4.69, 9.17) is 11.6 Å². The van der Waals surface area contributed by atoms with E-state index < -0.39 is 0 Å². The summed E-state index contributed by atoms with van der Waals surface area (Å²) in [5.41, 5.74) is 3.59. The summed E-state index contributed by atoms with van der Waals surface area (Å²) >= 11 is 6.08. The van der Waals surface area contributed by atoms with Gasteiger partial charge >= 0.3 is 0 Å². The van der Waals surface area contributed by atoms with Gasteiger partial charge in [-0.3, -0.25) is 4.79 Å². The maximum absolute atomic E-state index is 12.8. The Hall–Kier alpha value is -1.80. The highest BCUT2D eigenvalue weighted by Crippen LogP contribution is 2.31. The minimum absolute atomic E-state index is 0.0714. The van der Waals surface area contributed by atoms with Crippen LogP contribution >= 0.6 is 11.6 Å². The molecule has 3 heteroatoms. The minimum atomic E-state index is 0.0714. The second-order valence-electron chi connectivity index (χ2n) is 5.42. The van der Waals surface area contributed by atoms with Crippen molar-refractivity contribution in [2.24, 2.45) is 0 Å². The first-order valence-corrected chi connectivity index (χ1v) is 7.75. The zero-order chi connectivity index (χ0) is 14.8. The van der Waals surface area contributed by atoms with E-state index in [1.165, 1.54) is 0 Å². The van der Waals surface area contributed by atoms with Crippen molar-refractivity contribution in [2.45, 2.75) is 26.3 Å². The van der Waals surface area contributed by atoms with E-state index in [9.17, 15) is 4.79 Å². The van der Waals surface area contributed by atoms with Gasteiger partial charge in [0.2, 0.25) is 0 Å². The molecule has 21 heavy (non-hydrogen) atoms. The van der Waals surface area contributed by atoms with Crippen LogP contribution in [0.25, 0.3) is 0 Å². The average Bonchev–Trinajstić information content (AvgIpc) is 2.62. The first kappa shape index (κ1) is 14.2. The molecule has 2 aromatic rings. The highest BCUT2D eigenvalue weighted by Gasteiger charge is 2.24. The van der Waals surface area contributed by atoms with E-state index >= 15 is 0 Å². The number of benzene rings is 2. The zero-order valence-electron chi connectivity index (χ0n) is 12.1. The Morgan fingerprint density at radius 3 is 2.76 bits per heavy atom. The van der Waals surface area contributed by atoms with Crippen molar-refractivity contribution in [1.29, 1.82) is 0 Å². The Morgan fingerprint density at radius 1 is 1.14 bits per heavy atom. The topological polar surface area (TPSA) is 20.3 Å². The quantitative estimate of drug-likeness (QED) is 0.819. The van der Waals surface area contributed by atoms with Crippen LogP contribution in [0.2, 0.25) is 5.02 Å². The lowest BCUT2D eigenvalue weighted by Crippen LogP contribution is -2.23. The number of hydrogen-bond acceptors (Lipinski definition) is 2. The summed E-state index contributed by atoms with van der Waals surface area (Å²) in [6.07, 6.45) is 2.26. The van der Waals surface area contributed by atoms with Crippen LogP contribution in [-0.2, 0) is 6.54 Å². The number of carbonyl (C=O) groups is 1. The fourth-order valence-electron chi connectivity index (χ4n) is 2.82. The van der Waals surface area contributed by atoms with Crippen LogP contribution in [0.5, 0.6) is 0 Å². The third-order valence-electron chi connectivity index (χ3n) is 3.95. The van der Waals surface area contributed by atoms with Crippen molar-refractivity contribution in [3.63, 3.8) is 0 Å². The molecule has 0 N–H and O–H groups in total. The molecule has 0 aliphatic carbocycles. The fourth-order valence-corrected chi connectivity index (χ4v) is 3.00. The smallest absolute Gasteiger partial charge is 0.195 e. The van der Waals surface area contributed by atoms with Crippen molar-refractivity contribution in [1.82, 2.24) is 0 Å². The molecular formula is C18H18ClNO. The molecule has 0 unspecified atom stereocenters. The summed E-state index contributed by atoms with van der Waals surface area (Å²) in [5, 5.41) is 0.613. The second-order valence-corrected chi connectivity index (χ2v) is 5.86. The average molecular weight is 300 g/mol. The Bertz CT molecular complexity index is 681. The number of anilines is 1. The molecule has 0 spiro atoms. The number of nitrogens with zero attached hydrogens (tertiary/aromatic N) is 1. The molecule has 0 saturated carbocycles. The van der Waals surface area contributed by atoms with Gasteiger partial charge in [-0.15, -0.1) is 0 Å². The van der Waals surface area contributed by atoms with E-state index in [0.29, 0.717) is 5.02 Å². The van der Waals surface area contributed by atoms with Crippen LogP contribution in [0.1, 0.15) is 41.3 Å². The first-order valence-electron chi connectivity index (χ1n) is 7.38. The van der Waals surface area contributed by atoms with Gasteiger partial charge in [0.1, 0.15) is 0 Å². The molecule has 0 amide bonds. The van der Waals surface area contributed by atoms with Crippen LogP contribution in [0.3, 0.4) is 0 Å². The Morgan fingerprint density at radius 2 is 1.95 bits per heavy atom. The lowest BCUT2D eigenvalue weighted by Gasteiger charge is -2.24. The summed E-state index contributed by atoms with van der Waals surface area (Å²) in [4.78, 5) is 15.1. The summed E-state index contributed by atoms with van der Waals surface area (Å²) in [5.74, 6) is 0.0714. The molecule has 2 aromatic carbocycles. The summed E-state index contributed by atoms with van der Waals surface area (Å²) < 4.78 is 0. The monoisotopic (exact) mass is 299 g/mol. The lowest BCUT2D eigenvalue weighted by atomic mass is 9.99. The van der Waals surface area contributed by atoms with Gasteiger partial charge in [-0.25, -0.2) is 0 Å². The number of halogens is 1. The van der Waals surface area contributed by atoms with Crippen LogP contribution in [0, 0.1) is 0 Å². The molecule has 108 valence electrons. The molecule has 1 aliphatic rings. The van der Waals surface area contributed by atoms with Gasteiger partial charge in [-0.1, -0.05) is 43.1 Å². The first-order chi connectivity index (χ1) is 10.2. The number of carbonyl (C=O) groups excluding carboxylic acids is 1. The van der Waals surface area contributed by atoms with Crippen molar-refractivity contribution in [3.8, 4) is 0 Å². The van der Waals surface area contributed by atoms with Gasteiger partial charge in [0, 0.05) is 34.9 Å². The van der Waals surface area contributed by atoms with Gasteiger partial charge < -0.3 is 4.90 Å². The van der Waals surface area contributed by atoms with Gasteiger partial charge in [-0.2, -0.15) is 0 Å². The normalized spacial score (nSPS) is 13.6. The molecule has 2 nitrogen and oxygen atoms in total. The molecule has 3 rings (SSSR count). The lowest BCUT2D eigenvalue weighted by molar-refractivity contribution is 0.103. The summed E-state index contributed by atoms with van der Waals surface area (Å²) in [6.45, 7) is 3.90. The van der Waals surface area contributed by atoms with Gasteiger partial charge in [0.25, 0.3) is 0 Å². The molecule has 1 aliphatic heterocycles. The zero-order valence-corrected chi connectivity index (χ0v) is 12.9. The van der Waals surface area contributed by atoms with Gasteiger partial charge in [0.05, 0.1) is 0 Å². The van der Waals surface area contributed by atoms with Crippen molar-refractivity contribution in [3.05, 3.63) is 64.2 Å². The second kappa shape index (κ2) is 5.90. The summed E-state index contributed by atoms with van der Waals surface area (Å²) in [6, 6.07) is 13.5. The molecule has 1 heterocycles. The molecule has 0 fully saturated rings. The molecule has 0 radical (unpaired) electrons. The van der Waals surface area contributed by atoms with Crippen LogP contribution in [0.4, 0.5) is 5.69 Å². The van der Waals surface area contributed by atoms with Crippen LogP contribution in [-0.4, -0.2) is 12.3 Å². The predicted molar refractivity (Wildman–Crippen MR) is 87.3 cm³/mol. The number of para-hydroxylation sites is 1. The Balaban J connectivity index is 2.12.